The molecule has 2 aromatic rings. The molecule has 2 rings (SSSR count). The van der Waals surface area contributed by atoms with Crippen LogP contribution in [0.2, 0.25) is 5.02 Å². The molecule has 0 bridgehead atoms. The van der Waals surface area contributed by atoms with Crippen LogP contribution in [0.3, 0.4) is 0 Å². The minimum Gasteiger partial charge on any atom is -0.487 e. The van der Waals surface area contributed by atoms with Gasteiger partial charge in [0.2, 0.25) is 0 Å². The van der Waals surface area contributed by atoms with Gasteiger partial charge in [0, 0.05) is 0 Å². The van der Waals surface area contributed by atoms with Gasteiger partial charge in [0.1, 0.15) is 18.2 Å². The number of benzene rings is 2. The van der Waals surface area contributed by atoms with Crippen LogP contribution in [0.4, 0.5) is 4.39 Å². The van der Waals surface area contributed by atoms with Crippen LogP contribution in [0.15, 0.2) is 42.5 Å². The number of carbonyl (C=O) groups is 1. The van der Waals surface area contributed by atoms with Crippen molar-refractivity contribution in [3.63, 3.8) is 0 Å². The Morgan fingerprint density at radius 3 is 2.53 bits per heavy atom. The normalized spacial score (nSPS) is 10.3. The van der Waals surface area contributed by atoms with Crippen molar-refractivity contribution in [1.29, 1.82) is 0 Å². The van der Waals surface area contributed by atoms with Gasteiger partial charge >= 0.3 is 0 Å². The van der Waals surface area contributed by atoms with E-state index >= 15 is 0 Å². The van der Waals surface area contributed by atoms with Crippen LogP contribution >= 0.6 is 23.2 Å². The number of ether oxygens (including phenoxy) is 1. The van der Waals surface area contributed by atoms with Gasteiger partial charge in [-0.2, -0.15) is 0 Å². The molecule has 0 radical (unpaired) electrons. The van der Waals surface area contributed by atoms with Gasteiger partial charge in [0.25, 0.3) is 5.24 Å². The number of carbonyl (C=O) groups excluding carboxylic acids is 1. The summed E-state index contributed by atoms with van der Waals surface area (Å²) >= 11 is 11.1. The second-order valence-electron chi connectivity index (χ2n) is 3.81. The number of hydrogen-bond donors (Lipinski definition) is 0. The molecule has 0 atom stereocenters. The zero-order chi connectivity index (χ0) is 13.8. The van der Waals surface area contributed by atoms with Gasteiger partial charge in [-0.15, -0.1) is 0 Å². The van der Waals surface area contributed by atoms with Crippen LogP contribution in [0.1, 0.15) is 15.9 Å². The summed E-state index contributed by atoms with van der Waals surface area (Å²) < 4.78 is 18.9. The molecular formula is C14H9Cl2FO2. The molecule has 0 heterocycles. The molecule has 0 spiro atoms. The Balaban J connectivity index is 2.21. The van der Waals surface area contributed by atoms with Crippen molar-refractivity contribution >= 4 is 28.4 Å². The zero-order valence-corrected chi connectivity index (χ0v) is 11.2. The summed E-state index contributed by atoms with van der Waals surface area (Å²) in [4.78, 5) is 11.0. The van der Waals surface area contributed by atoms with E-state index in [-0.39, 0.29) is 22.9 Å². The van der Waals surface area contributed by atoms with Crippen LogP contribution in [-0.2, 0) is 6.61 Å². The van der Waals surface area contributed by atoms with Crippen LogP contribution < -0.4 is 4.74 Å². The number of hydrogen-bond acceptors (Lipinski definition) is 2. The maximum absolute atomic E-state index is 13.4. The van der Waals surface area contributed by atoms with Crippen molar-refractivity contribution in [3.05, 3.63) is 64.4 Å². The fraction of sp³-hybridized carbons (Fsp3) is 0.0714. The highest BCUT2D eigenvalue weighted by atomic mass is 35.5. The summed E-state index contributed by atoms with van der Waals surface area (Å²) in [6, 6.07) is 11.6. The van der Waals surface area contributed by atoms with Gasteiger partial charge in [-0.05, 0) is 29.3 Å². The van der Waals surface area contributed by atoms with Crippen molar-refractivity contribution in [2.45, 2.75) is 6.61 Å². The third kappa shape index (κ3) is 3.46. The molecule has 0 aliphatic heterocycles. The van der Waals surface area contributed by atoms with Gasteiger partial charge in [0.15, 0.2) is 0 Å². The molecule has 0 aromatic heterocycles. The smallest absolute Gasteiger partial charge is 0.255 e. The van der Waals surface area contributed by atoms with Gasteiger partial charge < -0.3 is 4.74 Å². The lowest BCUT2D eigenvalue weighted by Gasteiger charge is -2.09. The van der Waals surface area contributed by atoms with E-state index in [1.807, 2.05) is 30.3 Å². The van der Waals surface area contributed by atoms with Gasteiger partial charge in [0.05, 0.1) is 10.6 Å². The Labute approximate surface area is 119 Å². The Morgan fingerprint density at radius 2 is 1.89 bits per heavy atom. The largest absolute Gasteiger partial charge is 0.487 e. The summed E-state index contributed by atoms with van der Waals surface area (Å²) in [5.41, 5.74) is 0.677. The maximum atomic E-state index is 13.4. The third-order valence-corrected chi connectivity index (χ3v) is 2.97. The molecule has 2 nitrogen and oxygen atoms in total. The Kier molecular flexibility index (Phi) is 4.40. The molecular weight excluding hydrogens is 290 g/mol. The molecule has 0 amide bonds. The zero-order valence-electron chi connectivity index (χ0n) is 9.70. The molecule has 0 saturated heterocycles. The first-order chi connectivity index (χ1) is 9.08. The summed E-state index contributed by atoms with van der Waals surface area (Å²) in [6.45, 7) is 0.266. The first-order valence-electron chi connectivity index (χ1n) is 5.43. The topological polar surface area (TPSA) is 26.3 Å². The summed E-state index contributed by atoms with van der Waals surface area (Å²) in [7, 11) is 0. The third-order valence-electron chi connectivity index (χ3n) is 2.47. The fourth-order valence-electron chi connectivity index (χ4n) is 1.53. The lowest BCUT2D eigenvalue weighted by atomic mass is 10.2. The molecule has 5 heteroatoms. The minimum atomic E-state index is -0.890. The Hall–Kier alpha value is -1.58. The fourth-order valence-corrected chi connectivity index (χ4v) is 1.88. The predicted octanol–water partition coefficient (Wildman–Crippen LogP) is 4.44. The van der Waals surface area contributed by atoms with Gasteiger partial charge in [-0.3, -0.25) is 4.79 Å². The molecule has 0 fully saturated rings. The van der Waals surface area contributed by atoms with Gasteiger partial charge in [-0.1, -0.05) is 41.9 Å². The van der Waals surface area contributed by atoms with Crippen molar-refractivity contribution in [2.75, 3.05) is 0 Å². The summed E-state index contributed by atoms with van der Waals surface area (Å²) in [6.07, 6.45) is 0. The average molecular weight is 299 g/mol. The Bertz CT molecular complexity index is 600. The highest BCUT2D eigenvalue weighted by Gasteiger charge is 2.14. The summed E-state index contributed by atoms with van der Waals surface area (Å²) in [5, 5.41) is -0.797. The average Bonchev–Trinajstić information content (AvgIpc) is 2.38. The lowest BCUT2D eigenvalue weighted by molar-refractivity contribution is 0.107. The van der Waals surface area contributed by atoms with Gasteiger partial charge in [-0.25, -0.2) is 4.39 Å². The molecule has 0 N–H and O–H groups in total. The summed E-state index contributed by atoms with van der Waals surface area (Å²) in [5.74, 6) is -0.548. The Morgan fingerprint density at radius 1 is 1.21 bits per heavy atom. The van der Waals surface area contributed by atoms with E-state index in [1.54, 1.807) is 0 Å². The van der Waals surface area contributed by atoms with Crippen LogP contribution in [-0.4, -0.2) is 5.24 Å². The van der Waals surface area contributed by atoms with Crippen LogP contribution in [0.25, 0.3) is 0 Å². The van der Waals surface area contributed by atoms with E-state index in [0.717, 1.165) is 11.6 Å². The highest BCUT2D eigenvalue weighted by Crippen LogP contribution is 2.29. The van der Waals surface area contributed by atoms with Crippen molar-refractivity contribution < 1.29 is 13.9 Å². The van der Waals surface area contributed by atoms with E-state index in [4.69, 9.17) is 27.9 Å². The van der Waals surface area contributed by atoms with Crippen molar-refractivity contribution in [3.8, 4) is 5.75 Å². The standard InChI is InChI=1S/C14H9Cl2FO2/c15-11-7-12(17)10(14(16)18)6-13(11)19-8-9-4-2-1-3-5-9/h1-7H,8H2. The highest BCUT2D eigenvalue weighted by molar-refractivity contribution is 6.67. The van der Waals surface area contributed by atoms with Crippen molar-refractivity contribution in [1.82, 2.24) is 0 Å². The molecule has 98 valence electrons. The van der Waals surface area contributed by atoms with E-state index in [0.29, 0.717) is 0 Å². The molecule has 0 unspecified atom stereocenters. The molecule has 0 saturated carbocycles. The lowest BCUT2D eigenvalue weighted by Crippen LogP contribution is -2.00. The van der Waals surface area contributed by atoms with E-state index < -0.39 is 11.1 Å². The maximum Gasteiger partial charge on any atom is 0.255 e. The first kappa shape index (κ1) is 13.8. The second kappa shape index (κ2) is 6.04. The second-order valence-corrected chi connectivity index (χ2v) is 4.56. The van der Waals surface area contributed by atoms with Crippen LogP contribution in [0, 0.1) is 5.82 Å². The quantitative estimate of drug-likeness (QED) is 0.780. The molecule has 2 aromatic carbocycles. The first-order valence-corrected chi connectivity index (χ1v) is 6.19. The van der Waals surface area contributed by atoms with Crippen molar-refractivity contribution in [2.24, 2.45) is 0 Å². The number of halogens is 3. The van der Waals surface area contributed by atoms with E-state index in [9.17, 15) is 9.18 Å². The van der Waals surface area contributed by atoms with E-state index in [1.165, 1.54) is 6.07 Å². The molecule has 19 heavy (non-hydrogen) atoms. The van der Waals surface area contributed by atoms with E-state index in [2.05, 4.69) is 0 Å². The van der Waals surface area contributed by atoms with Crippen LogP contribution in [0.5, 0.6) is 5.75 Å². The minimum absolute atomic E-state index is 0.0927. The molecule has 0 aliphatic rings. The SMILES string of the molecule is O=C(Cl)c1cc(OCc2ccccc2)c(Cl)cc1F. The monoisotopic (exact) mass is 298 g/mol. The number of rotatable bonds is 4. The molecule has 0 aliphatic carbocycles. The predicted molar refractivity (Wildman–Crippen MR) is 72.4 cm³/mol.